The van der Waals surface area contributed by atoms with Crippen LogP contribution in [0.5, 0.6) is 11.5 Å². The second-order valence-electron chi connectivity index (χ2n) is 8.68. The van der Waals surface area contributed by atoms with Crippen molar-refractivity contribution in [3.05, 3.63) is 60.3 Å². The van der Waals surface area contributed by atoms with Gasteiger partial charge in [0.05, 0.1) is 12.0 Å². The molecule has 2 amide bonds. The molecule has 1 aromatic heterocycles. The number of carbonyl (C=O) groups is 2. The molecule has 9 heteroatoms. The Bertz CT molecular complexity index is 1150. The molecule has 3 rings (SSSR count). The summed E-state index contributed by atoms with van der Waals surface area (Å²) in [5.41, 5.74) is 1.83. The molecule has 0 fully saturated rings. The number of anilines is 1. The van der Waals surface area contributed by atoms with Gasteiger partial charge in [-0.2, -0.15) is 0 Å². The lowest BCUT2D eigenvalue weighted by Crippen LogP contribution is -2.48. The maximum Gasteiger partial charge on any atom is 0.249 e. The molecule has 0 aliphatic rings. The zero-order chi connectivity index (χ0) is 26.1. The van der Waals surface area contributed by atoms with Gasteiger partial charge in [-0.1, -0.05) is 56.7 Å². The Morgan fingerprint density at radius 2 is 1.83 bits per heavy atom. The molecule has 0 aliphatic heterocycles. The van der Waals surface area contributed by atoms with Crippen molar-refractivity contribution in [3.63, 3.8) is 0 Å². The fourth-order valence-corrected chi connectivity index (χ4v) is 4.38. The number of hydrogen-bond donors (Lipinski definition) is 3. The van der Waals surface area contributed by atoms with Gasteiger partial charge in [0.1, 0.15) is 30.3 Å². The fraction of sp³-hybridized carbons (Fsp3) is 0.370. The molecular weight excluding hydrogens is 478 g/mol. The van der Waals surface area contributed by atoms with E-state index >= 15 is 0 Å². The molecule has 0 bridgehead atoms. The van der Waals surface area contributed by atoms with Gasteiger partial charge in [0.25, 0.3) is 0 Å². The van der Waals surface area contributed by atoms with E-state index in [0.717, 1.165) is 21.8 Å². The first-order chi connectivity index (χ1) is 17.3. The van der Waals surface area contributed by atoms with Crippen LogP contribution in [-0.4, -0.2) is 41.2 Å². The fourth-order valence-electron chi connectivity index (χ4n) is 3.50. The van der Waals surface area contributed by atoms with E-state index in [1.807, 2.05) is 55.5 Å². The van der Waals surface area contributed by atoms with Crippen LogP contribution in [0.1, 0.15) is 39.2 Å². The number of amides is 2. The van der Waals surface area contributed by atoms with Crippen LogP contribution in [0.4, 0.5) is 5.13 Å². The van der Waals surface area contributed by atoms with Crippen molar-refractivity contribution in [1.29, 1.82) is 0 Å². The van der Waals surface area contributed by atoms with Crippen LogP contribution in [0.15, 0.2) is 54.7 Å². The molecule has 36 heavy (non-hydrogen) atoms. The summed E-state index contributed by atoms with van der Waals surface area (Å²) in [6.07, 6.45) is 1.66. The SMILES string of the molecule is CCC[C@H](NC(=O)[C@@H](O)C(C)C)C(=O)Nc1ncc(-c2ccc(OC)cc2COc2ccccc2)s1. The molecule has 0 unspecified atom stereocenters. The molecule has 3 aromatic rings. The van der Waals surface area contributed by atoms with Crippen molar-refractivity contribution in [3.8, 4) is 21.9 Å². The molecular formula is C27H33N3O5S. The molecule has 0 saturated heterocycles. The lowest BCUT2D eigenvalue weighted by atomic mass is 10.1. The Morgan fingerprint density at radius 3 is 2.50 bits per heavy atom. The third-order valence-electron chi connectivity index (χ3n) is 5.56. The molecule has 0 aliphatic carbocycles. The van der Waals surface area contributed by atoms with Crippen molar-refractivity contribution in [2.45, 2.75) is 52.4 Å². The molecule has 0 saturated carbocycles. The Hall–Kier alpha value is -3.43. The molecule has 2 atom stereocenters. The van der Waals surface area contributed by atoms with Gasteiger partial charge in [0, 0.05) is 17.3 Å². The lowest BCUT2D eigenvalue weighted by Gasteiger charge is -2.20. The second-order valence-corrected chi connectivity index (χ2v) is 9.71. The Labute approximate surface area is 215 Å². The first-order valence-electron chi connectivity index (χ1n) is 11.9. The Kier molecular flexibility index (Phi) is 9.84. The predicted molar refractivity (Wildman–Crippen MR) is 141 cm³/mol. The van der Waals surface area contributed by atoms with Crippen molar-refractivity contribution >= 4 is 28.3 Å². The maximum absolute atomic E-state index is 12.9. The highest BCUT2D eigenvalue weighted by molar-refractivity contribution is 7.19. The summed E-state index contributed by atoms with van der Waals surface area (Å²) in [4.78, 5) is 30.4. The summed E-state index contributed by atoms with van der Waals surface area (Å²) in [7, 11) is 1.61. The summed E-state index contributed by atoms with van der Waals surface area (Å²) in [6.45, 7) is 5.75. The van der Waals surface area contributed by atoms with Gasteiger partial charge in [0.15, 0.2) is 5.13 Å². The molecule has 8 nitrogen and oxygen atoms in total. The Balaban J connectivity index is 1.75. The van der Waals surface area contributed by atoms with E-state index in [1.165, 1.54) is 11.3 Å². The van der Waals surface area contributed by atoms with Crippen LogP contribution < -0.4 is 20.1 Å². The van der Waals surface area contributed by atoms with E-state index < -0.39 is 18.1 Å². The topological polar surface area (TPSA) is 110 Å². The Morgan fingerprint density at radius 1 is 1.08 bits per heavy atom. The van der Waals surface area contributed by atoms with Crippen molar-refractivity contribution < 1.29 is 24.2 Å². The van der Waals surface area contributed by atoms with Crippen LogP contribution in [0, 0.1) is 5.92 Å². The highest BCUT2D eigenvalue weighted by Crippen LogP contribution is 2.34. The van der Waals surface area contributed by atoms with E-state index in [1.54, 1.807) is 27.2 Å². The third-order valence-corrected chi connectivity index (χ3v) is 6.51. The summed E-state index contributed by atoms with van der Waals surface area (Å²) >= 11 is 1.33. The monoisotopic (exact) mass is 511 g/mol. The van der Waals surface area contributed by atoms with Gasteiger partial charge in [-0.25, -0.2) is 4.98 Å². The zero-order valence-corrected chi connectivity index (χ0v) is 21.8. The van der Waals surface area contributed by atoms with Gasteiger partial charge >= 0.3 is 0 Å². The smallest absolute Gasteiger partial charge is 0.249 e. The number of nitrogens with zero attached hydrogens (tertiary/aromatic N) is 1. The van der Waals surface area contributed by atoms with Crippen LogP contribution in [-0.2, 0) is 16.2 Å². The van der Waals surface area contributed by atoms with Gasteiger partial charge in [0.2, 0.25) is 11.8 Å². The zero-order valence-electron chi connectivity index (χ0n) is 21.0. The number of nitrogens with one attached hydrogen (secondary N) is 2. The number of methoxy groups -OCH3 is 1. The molecule has 0 spiro atoms. The number of aromatic nitrogens is 1. The quantitative estimate of drug-likeness (QED) is 0.327. The van der Waals surface area contributed by atoms with E-state index in [-0.39, 0.29) is 11.8 Å². The minimum atomic E-state index is -1.17. The number of para-hydroxylation sites is 1. The van der Waals surface area contributed by atoms with Gasteiger partial charge in [-0.3, -0.25) is 9.59 Å². The molecule has 0 radical (unpaired) electrons. The first kappa shape index (κ1) is 27.2. The average molecular weight is 512 g/mol. The van der Waals surface area contributed by atoms with Crippen LogP contribution in [0.2, 0.25) is 0 Å². The van der Waals surface area contributed by atoms with Gasteiger partial charge in [-0.05, 0) is 42.7 Å². The molecule has 192 valence electrons. The number of thiazole rings is 1. The molecule has 1 heterocycles. The number of carbonyl (C=O) groups excluding carboxylic acids is 2. The maximum atomic E-state index is 12.9. The largest absolute Gasteiger partial charge is 0.497 e. The van der Waals surface area contributed by atoms with Crippen molar-refractivity contribution in [1.82, 2.24) is 10.3 Å². The van der Waals surface area contributed by atoms with E-state index in [0.29, 0.717) is 30.3 Å². The standard InChI is InChI=1S/C27H33N3O5S/c1-5-9-22(29-26(33)24(31)17(2)3)25(32)30-27-28-15-23(36-27)21-13-12-20(34-4)14-18(21)16-35-19-10-7-6-8-11-19/h6-8,10-15,17,22,24,31H,5,9,16H2,1-4H3,(H,29,33)(H,28,30,32)/t22-,24-/m0/s1. The summed E-state index contributed by atoms with van der Waals surface area (Å²) in [5, 5.41) is 15.9. The normalized spacial score (nSPS) is 12.6. The number of aliphatic hydroxyl groups excluding tert-OH is 1. The first-order valence-corrected chi connectivity index (χ1v) is 12.7. The van der Waals surface area contributed by atoms with Crippen LogP contribution in [0.3, 0.4) is 0 Å². The number of hydrogen-bond acceptors (Lipinski definition) is 7. The van der Waals surface area contributed by atoms with Gasteiger partial charge in [-0.15, -0.1) is 0 Å². The second kappa shape index (κ2) is 13.0. The van der Waals surface area contributed by atoms with Crippen molar-refractivity contribution in [2.75, 3.05) is 12.4 Å². The molecule has 3 N–H and O–H groups in total. The van der Waals surface area contributed by atoms with Gasteiger partial charge < -0.3 is 25.2 Å². The summed E-state index contributed by atoms with van der Waals surface area (Å²) in [5.74, 6) is 0.297. The van der Waals surface area contributed by atoms with Crippen molar-refractivity contribution in [2.24, 2.45) is 5.92 Å². The summed E-state index contributed by atoms with van der Waals surface area (Å²) in [6, 6.07) is 14.5. The van der Waals surface area contributed by atoms with Crippen LogP contribution >= 0.6 is 11.3 Å². The van der Waals surface area contributed by atoms with Crippen LogP contribution in [0.25, 0.3) is 10.4 Å². The highest BCUT2D eigenvalue weighted by atomic mass is 32.1. The minimum absolute atomic E-state index is 0.249. The predicted octanol–water partition coefficient (Wildman–Crippen LogP) is 4.64. The highest BCUT2D eigenvalue weighted by Gasteiger charge is 2.26. The number of rotatable bonds is 12. The number of benzene rings is 2. The number of aliphatic hydroxyl groups is 1. The summed E-state index contributed by atoms with van der Waals surface area (Å²) < 4.78 is 11.3. The van der Waals surface area contributed by atoms with E-state index in [4.69, 9.17) is 9.47 Å². The van der Waals surface area contributed by atoms with E-state index in [2.05, 4.69) is 15.6 Å². The minimum Gasteiger partial charge on any atom is -0.497 e. The third kappa shape index (κ3) is 7.29. The number of ether oxygens (including phenoxy) is 2. The lowest BCUT2D eigenvalue weighted by molar-refractivity contribution is -0.134. The van der Waals surface area contributed by atoms with E-state index in [9.17, 15) is 14.7 Å². The molecule has 2 aromatic carbocycles. The average Bonchev–Trinajstić information content (AvgIpc) is 3.35.